The molecule has 4 aromatic carbocycles. The van der Waals surface area contributed by atoms with E-state index < -0.39 is 31.8 Å². The standard InChI is InChI=1S/C26H19NO8S2/c28-25(29)19-3-1-5-23(15-19)36(32,33)22-13-9-18(10-14-22)17-7-11-21(12-8-17)27-37(34,35)24-6-2-4-20(16-24)26(30)31/h1-16,27H,(H,28,29)(H,30,31). The fourth-order valence-electron chi connectivity index (χ4n) is 3.50. The Morgan fingerprint density at radius 3 is 1.54 bits per heavy atom. The van der Waals surface area contributed by atoms with Crippen molar-refractivity contribution in [1.82, 2.24) is 0 Å². The Balaban J connectivity index is 1.53. The maximum Gasteiger partial charge on any atom is 0.335 e. The van der Waals surface area contributed by atoms with Crippen LogP contribution in [0.3, 0.4) is 0 Å². The van der Waals surface area contributed by atoms with E-state index in [-0.39, 0.29) is 31.5 Å². The van der Waals surface area contributed by atoms with Crippen molar-refractivity contribution in [2.75, 3.05) is 4.72 Å². The molecule has 4 aromatic rings. The van der Waals surface area contributed by atoms with Crippen LogP contribution in [0.15, 0.2) is 112 Å². The third-order valence-electron chi connectivity index (χ3n) is 5.42. The molecule has 0 aliphatic heterocycles. The van der Waals surface area contributed by atoms with Gasteiger partial charge in [-0.15, -0.1) is 0 Å². The average molecular weight is 538 g/mol. The summed E-state index contributed by atoms with van der Waals surface area (Å²) in [5.41, 5.74) is 1.32. The molecule has 0 radical (unpaired) electrons. The number of carboxylic acid groups (broad SMARTS) is 2. The number of nitrogens with one attached hydrogen (secondary N) is 1. The fourth-order valence-corrected chi connectivity index (χ4v) is 5.91. The van der Waals surface area contributed by atoms with Gasteiger partial charge in [-0.3, -0.25) is 4.72 Å². The summed E-state index contributed by atoms with van der Waals surface area (Å²) >= 11 is 0. The van der Waals surface area contributed by atoms with E-state index in [9.17, 15) is 26.4 Å². The van der Waals surface area contributed by atoms with Gasteiger partial charge < -0.3 is 10.2 Å². The summed E-state index contributed by atoms with van der Waals surface area (Å²) in [6.45, 7) is 0. The molecule has 0 aromatic heterocycles. The third kappa shape index (κ3) is 5.52. The highest BCUT2D eigenvalue weighted by Crippen LogP contribution is 2.27. The second-order valence-electron chi connectivity index (χ2n) is 7.88. The van der Waals surface area contributed by atoms with Crippen LogP contribution in [0.2, 0.25) is 0 Å². The Labute approximate surface area is 212 Å². The second kappa shape index (κ2) is 9.88. The smallest absolute Gasteiger partial charge is 0.335 e. The van der Waals surface area contributed by atoms with Crippen molar-refractivity contribution in [3.8, 4) is 11.1 Å². The van der Waals surface area contributed by atoms with Crippen LogP contribution in [-0.2, 0) is 19.9 Å². The van der Waals surface area contributed by atoms with Crippen LogP contribution < -0.4 is 4.72 Å². The van der Waals surface area contributed by atoms with Crippen molar-refractivity contribution < 1.29 is 36.6 Å². The highest BCUT2D eigenvalue weighted by molar-refractivity contribution is 7.92. The quantitative estimate of drug-likeness (QED) is 0.299. The number of carboxylic acids is 2. The van der Waals surface area contributed by atoms with Crippen LogP contribution in [0.4, 0.5) is 5.69 Å². The minimum atomic E-state index is -4.02. The van der Waals surface area contributed by atoms with Gasteiger partial charge >= 0.3 is 11.9 Å². The number of rotatable bonds is 8. The Hall–Kier alpha value is -4.48. The van der Waals surface area contributed by atoms with E-state index in [1.54, 1.807) is 24.3 Å². The normalized spacial score (nSPS) is 11.6. The summed E-state index contributed by atoms with van der Waals surface area (Å²) < 4.78 is 53.5. The van der Waals surface area contributed by atoms with Crippen LogP contribution in [-0.4, -0.2) is 39.0 Å². The topological polar surface area (TPSA) is 155 Å². The number of hydrogen-bond donors (Lipinski definition) is 3. The van der Waals surface area contributed by atoms with Crippen molar-refractivity contribution in [1.29, 1.82) is 0 Å². The molecule has 0 atom stereocenters. The molecular weight excluding hydrogens is 518 g/mol. The monoisotopic (exact) mass is 537 g/mol. The van der Waals surface area contributed by atoms with E-state index in [1.165, 1.54) is 60.7 Å². The fraction of sp³-hybridized carbons (Fsp3) is 0. The maximum atomic E-state index is 12.9. The SMILES string of the molecule is O=C(O)c1cccc(S(=O)(=O)Nc2ccc(-c3ccc(S(=O)(=O)c4cccc(C(=O)O)c4)cc3)cc2)c1. The Morgan fingerprint density at radius 1 is 0.568 bits per heavy atom. The number of anilines is 1. The molecule has 0 spiro atoms. The van der Waals surface area contributed by atoms with Gasteiger partial charge in [0.2, 0.25) is 9.84 Å². The highest BCUT2D eigenvalue weighted by Gasteiger charge is 2.20. The maximum absolute atomic E-state index is 12.9. The second-order valence-corrected chi connectivity index (χ2v) is 11.5. The van der Waals surface area contributed by atoms with Gasteiger partial charge in [0.05, 0.1) is 25.8 Å². The lowest BCUT2D eigenvalue weighted by Gasteiger charge is -2.10. The minimum absolute atomic E-state index is 0.00763. The number of sulfone groups is 1. The summed E-state index contributed by atoms with van der Waals surface area (Å²) in [5, 5.41) is 18.2. The van der Waals surface area contributed by atoms with E-state index in [2.05, 4.69) is 4.72 Å². The molecule has 0 aliphatic carbocycles. The van der Waals surface area contributed by atoms with Gasteiger partial charge in [-0.1, -0.05) is 36.4 Å². The van der Waals surface area contributed by atoms with E-state index in [0.717, 1.165) is 12.1 Å². The van der Waals surface area contributed by atoms with Gasteiger partial charge in [-0.25, -0.2) is 26.4 Å². The Morgan fingerprint density at radius 2 is 1.03 bits per heavy atom. The third-order valence-corrected chi connectivity index (χ3v) is 8.56. The molecule has 0 unspecified atom stereocenters. The first-order valence-electron chi connectivity index (χ1n) is 10.6. The number of carbonyl (C=O) groups is 2. The first-order chi connectivity index (χ1) is 17.5. The molecule has 0 fully saturated rings. The molecule has 0 saturated heterocycles. The first-order valence-corrected chi connectivity index (χ1v) is 13.6. The van der Waals surface area contributed by atoms with E-state index in [0.29, 0.717) is 11.1 Å². The van der Waals surface area contributed by atoms with Gasteiger partial charge in [-0.05, 0) is 71.8 Å². The van der Waals surface area contributed by atoms with E-state index in [1.807, 2.05) is 0 Å². The summed E-state index contributed by atoms with van der Waals surface area (Å²) in [4.78, 5) is 22.0. The van der Waals surface area contributed by atoms with Crippen molar-refractivity contribution in [2.45, 2.75) is 14.7 Å². The molecular formula is C26H19NO8S2. The largest absolute Gasteiger partial charge is 0.478 e. The predicted octanol–water partition coefficient (Wildman–Crippen LogP) is 4.38. The van der Waals surface area contributed by atoms with Gasteiger partial charge in [0.15, 0.2) is 0 Å². The molecule has 37 heavy (non-hydrogen) atoms. The molecule has 3 N–H and O–H groups in total. The van der Waals surface area contributed by atoms with E-state index >= 15 is 0 Å². The lowest BCUT2D eigenvalue weighted by molar-refractivity contribution is 0.0685. The number of benzene rings is 4. The summed E-state index contributed by atoms with van der Waals surface area (Å²) in [6, 6.07) is 22.4. The number of sulfonamides is 1. The summed E-state index contributed by atoms with van der Waals surface area (Å²) in [7, 11) is -7.95. The molecule has 0 bridgehead atoms. The number of hydrogen-bond acceptors (Lipinski definition) is 6. The van der Waals surface area contributed by atoms with Gasteiger partial charge in [0.1, 0.15) is 0 Å². The van der Waals surface area contributed by atoms with Crippen molar-refractivity contribution in [3.05, 3.63) is 108 Å². The molecule has 9 nitrogen and oxygen atoms in total. The first kappa shape index (κ1) is 25.6. The summed E-state index contributed by atoms with van der Waals surface area (Å²) in [5.74, 6) is -2.47. The van der Waals surface area contributed by atoms with Crippen LogP contribution in [0.1, 0.15) is 20.7 Å². The van der Waals surface area contributed by atoms with Gasteiger partial charge in [0, 0.05) is 5.69 Å². The van der Waals surface area contributed by atoms with Crippen molar-refractivity contribution in [3.63, 3.8) is 0 Å². The average Bonchev–Trinajstić information content (AvgIpc) is 2.89. The zero-order chi connectivity index (χ0) is 26.8. The van der Waals surface area contributed by atoms with Gasteiger partial charge in [0.25, 0.3) is 10.0 Å². The van der Waals surface area contributed by atoms with Crippen LogP contribution >= 0.6 is 0 Å². The molecule has 4 rings (SSSR count). The van der Waals surface area contributed by atoms with Crippen LogP contribution in [0.5, 0.6) is 0 Å². The molecule has 0 amide bonds. The molecule has 11 heteroatoms. The number of aromatic carboxylic acids is 2. The highest BCUT2D eigenvalue weighted by atomic mass is 32.2. The van der Waals surface area contributed by atoms with Crippen molar-refractivity contribution in [2.24, 2.45) is 0 Å². The lowest BCUT2D eigenvalue weighted by atomic mass is 10.1. The lowest BCUT2D eigenvalue weighted by Crippen LogP contribution is -2.13. The van der Waals surface area contributed by atoms with Crippen molar-refractivity contribution >= 4 is 37.5 Å². The zero-order valence-corrected chi connectivity index (χ0v) is 20.5. The predicted molar refractivity (Wildman–Crippen MR) is 135 cm³/mol. The molecule has 0 aliphatic rings. The van der Waals surface area contributed by atoms with Crippen LogP contribution in [0.25, 0.3) is 11.1 Å². The Bertz CT molecular complexity index is 1710. The van der Waals surface area contributed by atoms with Crippen LogP contribution in [0, 0.1) is 0 Å². The van der Waals surface area contributed by atoms with E-state index in [4.69, 9.17) is 10.2 Å². The zero-order valence-electron chi connectivity index (χ0n) is 18.9. The Kier molecular flexibility index (Phi) is 6.84. The molecule has 188 valence electrons. The minimum Gasteiger partial charge on any atom is -0.478 e. The molecule has 0 saturated carbocycles. The molecule has 0 heterocycles. The van der Waals surface area contributed by atoms with Gasteiger partial charge in [-0.2, -0.15) is 0 Å². The summed E-state index contributed by atoms with van der Waals surface area (Å²) in [6.07, 6.45) is 0.